The second-order valence-electron chi connectivity index (χ2n) is 9.68. The highest BCUT2D eigenvalue weighted by atomic mass is 28.4. The van der Waals surface area contributed by atoms with Crippen LogP contribution in [0.2, 0.25) is 18.1 Å². The second kappa shape index (κ2) is 9.97. The third kappa shape index (κ3) is 5.45. The van der Waals surface area contributed by atoms with Crippen molar-refractivity contribution in [3.8, 4) is 11.5 Å². The molecule has 4 nitrogen and oxygen atoms in total. The van der Waals surface area contributed by atoms with Gasteiger partial charge in [0.25, 0.3) is 0 Å². The number of aromatic nitrogens is 1. The number of rotatable bonds is 9. The Hall–Kier alpha value is -2.50. The van der Waals surface area contributed by atoms with Gasteiger partial charge >= 0.3 is 0 Å². The van der Waals surface area contributed by atoms with E-state index >= 15 is 0 Å². The van der Waals surface area contributed by atoms with Gasteiger partial charge in [0.15, 0.2) is 8.32 Å². The largest absolute Gasteiger partial charge is 0.497 e. The number of benzene rings is 2. The molecule has 0 bridgehead atoms. The normalized spacial score (nSPS) is 12.6. The molecule has 0 saturated heterocycles. The van der Waals surface area contributed by atoms with E-state index in [1.807, 2.05) is 24.3 Å². The molecule has 0 radical (unpaired) electrons. The van der Waals surface area contributed by atoms with Crippen LogP contribution >= 0.6 is 0 Å². The maximum atomic E-state index is 6.41. The number of aryl methyl sites for hydroxylation is 1. The lowest BCUT2D eigenvalue weighted by Crippen LogP contribution is -2.41. The molecule has 172 valence electrons. The lowest BCUT2D eigenvalue weighted by Gasteiger charge is -2.36. The SMILES string of the molecule is COc1ccc2c(c1)cc(C=Cc1ccccc1OC)n2CCCO[Si](C)(C)C(C)(C)C. The van der Waals surface area contributed by atoms with Crippen LogP contribution in [0.3, 0.4) is 0 Å². The van der Waals surface area contributed by atoms with Crippen molar-refractivity contribution in [3.05, 3.63) is 59.8 Å². The number of fused-ring (bicyclic) bond motifs is 1. The summed E-state index contributed by atoms with van der Waals surface area (Å²) in [5, 5.41) is 1.40. The fourth-order valence-electron chi connectivity index (χ4n) is 3.53. The van der Waals surface area contributed by atoms with Gasteiger partial charge in [-0.3, -0.25) is 0 Å². The molecule has 0 spiro atoms. The van der Waals surface area contributed by atoms with Gasteiger partial charge in [-0.05, 0) is 67.0 Å². The molecule has 0 atom stereocenters. The average molecular weight is 452 g/mol. The topological polar surface area (TPSA) is 32.6 Å². The zero-order valence-corrected chi connectivity index (χ0v) is 21.6. The summed E-state index contributed by atoms with van der Waals surface area (Å²) in [6, 6.07) is 16.6. The molecule has 32 heavy (non-hydrogen) atoms. The molecule has 3 aromatic rings. The Labute approximate surface area is 193 Å². The first-order valence-electron chi connectivity index (χ1n) is 11.3. The summed E-state index contributed by atoms with van der Waals surface area (Å²) in [7, 11) is 1.68. The highest BCUT2D eigenvalue weighted by molar-refractivity contribution is 6.74. The fraction of sp³-hybridized carbons (Fsp3) is 0.407. The Balaban J connectivity index is 1.85. The number of methoxy groups -OCH3 is 2. The van der Waals surface area contributed by atoms with Crippen molar-refractivity contribution in [2.75, 3.05) is 20.8 Å². The minimum absolute atomic E-state index is 0.229. The zero-order chi connectivity index (χ0) is 23.4. The van der Waals surface area contributed by atoms with Crippen molar-refractivity contribution < 1.29 is 13.9 Å². The quantitative estimate of drug-likeness (QED) is 0.254. The predicted molar refractivity (Wildman–Crippen MR) is 138 cm³/mol. The number of para-hydroxylation sites is 1. The number of hydrogen-bond acceptors (Lipinski definition) is 3. The van der Waals surface area contributed by atoms with Gasteiger partial charge in [0.1, 0.15) is 11.5 Å². The maximum absolute atomic E-state index is 6.41. The highest BCUT2D eigenvalue weighted by Gasteiger charge is 2.36. The van der Waals surface area contributed by atoms with Gasteiger partial charge in [0, 0.05) is 35.3 Å². The molecule has 0 unspecified atom stereocenters. The minimum atomic E-state index is -1.73. The molecular formula is C27H37NO3Si. The summed E-state index contributed by atoms with van der Waals surface area (Å²) in [5.74, 6) is 1.74. The molecule has 2 aromatic carbocycles. The lowest BCUT2D eigenvalue weighted by molar-refractivity contribution is 0.275. The van der Waals surface area contributed by atoms with Gasteiger partial charge in [-0.1, -0.05) is 39.0 Å². The first-order valence-corrected chi connectivity index (χ1v) is 14.2. The average Bonchev–Trinajstić information content (AvgIpc) is 3.11. The van der Waals surface area contributed by atoms with E-state index in [1.54, 1.807) is 14.2 Å². The Morgan fingerprint density at radius 2 is 1.69 bits per heavy atom. The summed E-state index contributed by atoms with van der Waals surface area (Å²) >= 11 is 0. The molecule has 5 heteroatoms. The molecule has 0 aliphatic rings. The highest BCUT2D eigenvalue weighted by Crippen LogP contribution is 2.36. The van der Waals surface area contributed by atoms with Crippen LogP contribution in [0.15, 0.2) is 48.5 Å². The molecule has 1 heterocycles. The molecule has 1 aromatic heterocycles. The van der Waals surface area contributed by atoms with Gasteiger partial charge in [-0.25, -0.2) is 0 Å². The van der Waals surface area contributed by atoms with E-state index in [1.165, 1.54) is 10.9 Å². The predicted octanol–water partition coefficient (Wildman–Crippen LogP) is 7.24. The van der Waals surface area contributed by atoms with Crippen LogP contribution in [0, 0.1) is 0 Å². The van der Waals surface area contributed by atoms with Gasteiger partial charge < -0.3 is 18.5 Å². The molecule has 0 saturated carbocycles. The van der Waals surface area contributed by atoms with Crippen LogP contribution in [0.5, 0.6) is 11.5 Å². The standard InChI is InChI=1S/C27H37NO3Si/c1-27(2,3)32(6,7)31-18-10-17-28-23(14-13-21-11-8-9-12-26(21)30-5)19-22-20-24(29-4)15-16-25(22)28/h8-9,11-16,19-20H,10,17-18H2,1-7H3. The van der Waals surface area contributed by atoms with Crippen LogP contribution in [0.1, 0.15) is 38.4 Å². The van der Waals surface area contributed by atoms with E-state index in [9.17, 15) is 0 Å². The Morgan fingerprint density at radius 3 is 2.38 bits per heavy atom. The van der Waals surface area contributed by atoms with Crippen LogP contribution in [0.4, 0.5) is 0 Å². The minimum Gasteiger partial charge on any atom is -0.497 e. The van der Waals surface area contributed by atoms with E-state index < -0.39 is 8.32 Å². The fourth-order valence-corrected chi connectivity index (χ4v) is 4.62. The molecule has 3 rings (SSSR count). The van der Waals surface area contributed by atoms with Crippen molar-refractivity contribution in [3.63, 3.8) is 0 Å². The van der Waals surface area contributed by atoms with Crippen LogP contribution < -0.4 is 9.47 Å². The van der Waals surface area contributed by atoms with Gasteiger partial charge in [-0.15, -0.1) is 0 Å². The maximum Gasteiger partial charge on any atom is 0.191 e. The smallest absolute Gasteiger partial charge is 0.191 e. The molecule has 0 aliphatic carbocycles. The van der Waals surface area contributed by atoms with E-state index in [0.717, 1.165) is 42.3 Å². The summed E-state index contributed by atoms with van der Waals surface area (Å²) in [5.41, 5.74) is 3.43. The summed E-state index contributed by atoms with van der Waals surface area (Å²) in [4.78, 5) is 0. The molecule has 0 fully saturated rings. The Bertz CT molecular complexity index is 1080. The third-order valence-electron chi connectivity index (χ3n) is 6.51. The molecule has 0 amide bonds. The monoisotopic (exact) mass is 451 g/mol. The number of hydrogen-bond donors (Lipinski definition) is 0. The van der Waals surface area contributed by atoms with Gasteiger partial charge in [-0.2, -0.15) is 0 Å². The van der Waals surface area contributed by atoms with Crippen molar-refractivity contribution >= 4 is 31.4 Å². The molecule has 0 N–H and O–H groups in total. The zero-order valence-electron chi connectivity index (χ0n) is 20.6. The first-order chi connectivity index (χ1) is 15.2. The molecule has 0 aliphatic heterocycles. The van der Waals surface area contributed by atoms with E-state index in [4.69, 9.17) is 13.9 Å². The van der Waals surface area contributed by atoms with Gasteiger partial charge in [0.2, 0.25) is 0 Å². The van der Waals surface area contributed by atoms with Crippen molar-refractivity contribution in [1.82, 2.24) is 4.57 Å². The van der Waals surface area contributed by atoms with Crippen molar-refractivity contribution in [1.29, 1.82) is 0 Å². The third-order valence-corrected chi connectivity index (χ3v) is 11.0. The van der Waals surface area contributed by atoms with Crippen LogP contribution in [-0.4, -0.2) is 33.7 Å². The van der Waals surface area contributed by atoms with Crippen molar-refractivity contribution in [2.24, 2.45) is 0 Å². The van der Waals surface area contributed by atoms with Crippen molar-refractivity contribution in [2.45, 2.75) is 51.9 Å². The summed E-state index contributed by atoms with van der Waals surface area (Å²) in [6.45, 7) is 13.2. The summed E-state index contributed by atoms with van der Waals surface area (Å²) in [6.07, 6.45) is 5.25. The van der Waals surface area contributed by atoms with Gasteiger partial charge in [0.05, 0.1) is 14.2 Å². The van der Waals surface area contributed by atoms with E-state index in [0.29, 0.717) is 0 Å². The van der Waals surface area contributed by atoms with E-state index in [-0.39, 0.29) is 5.04 Å². The van der Waals surface area contributed by atoms with Crippen LogP contribution in [0.25, 0.3) is 23.1 Å². The Morgan fingerprint density at radius 1 is 0.938 bits per heavy atom. The summed E-state index contributed by atoms with van der Waals surface area (Å²) < 4.78 is 19.7. The molecular weight excluding hydrogens is 414 g/mol. The second-order valence-corrected chi connectivity index (χ2v) is 14.5. The first kappa shape index (κ1) is 24.1. The van der Waals surface area contributed by atoms with E-state index in [2.05, 4.69) is 74.8 Å². The number of ether oxygens (including phenoxy) is 2. The number of nitrogens with zero attached hydrogens (tertiary/aromatic N) is 1. The lowest BCUT2D eigenvalue weighted by atomic mass is 10.1. The van der Waals surface area contributed by atoms with Crippen LogP contribution in [-0.2, 0) is 11.0 Å². The Kier molecular flexibility index (Phi) is 7.52.